The zero-order valence-corrected chi connectivity index (χ0v) is 14.1. The highest BCUT2D eigenvalue weighted by atomic mass is 32.2. The molecule has 7 nitrogen and oxygen atoms in total. The quantitative estimate of drug-likeness (QED) is 0.854. The Morgan fingerprint density at radius 3 is 2.67 bits per heavy atom. The van der Waals surface area contributed by atoms with E-state index >= 15 is 0 Å². The number of anilines is 2. The van der Waals surface area contributed by atoms with Gasteiger partial charge in [0.05, 0.1) is 23.7 Å². The van der Waals surface area contributed by atoms with Gasteiger partial charge in [-0.2, -0.15) is 0 Å². The highest BCUT2D eigenvalue weighted by molar-refractivity contribution is 7.90. The predicted molar refractivity (Wildman–Crippen MR) is 95.4 cm³/mol. The molecule has 1 aliphatic rings. The number of aliphatic imine (C=N–C) groups is 1. The third-order valence-corrected chi connectivity index (χ3v) is 4.55. The van der Waals surface area contributed by atoms with Crippen LogP contribution in [0.25, 0.3) is 0 Å². The molecule has 0 spiro atoms. The van der Waals surface area contributed by atoms with Crippen molar-refractivity contribution < 1.29 is 8.42 Å². The lowest BCUT2D eigenvalue weighted by atomic mass is 10.2. The number of aromatic nitrogens is 1. The molecule has 1 aromatic carbocycles. The third-order valence-electron chi connectivity index (χ3n) is 3.63. The summed E-state index contributed by atoms with van der Waals surface area (Å²) in [4.78, 5) is 10.6. The molecular weight excluding hydrogens is 326 g/mol. The van der Waals surface area contributed by atoms with E-state index in [9.17, 15) is 8.42 Å². The number of rotatable bonds is 5. The van der Waals surface area contributed by atoms with Gasteiger partial charge < -0.3 is 16.0 Å². The van der Waals surface area contributed by atoms with Crippen LogP contribution in [-0.2, 0) is 16.4 Å². The van der Waals surface area contributed by atoms with Crippen molar-refractivity contribution in [3.63, 3.8) is 0 Å². The van der Waals surface area contributed by atoms with E-state index in [4.69, 9.17) is 5.73 Å². The molecule has 0 saturated heterocycles. The van der Waals surface area contributed by atoms with Gasteiger partial charge in [0.25, 0.3) is 0 Å². The lowest BCUT2D eigenvalue weighted by Crippen LogP contribution is -2.41. The number of pyridine rings is 1. The van der Waals surface area contributed by atoms with Crippen molar-refractivity contribution in [2.75, 3.05) is 23.9 Å². The van der Waals surface area contributed by atoms with Gasteiger partial charge in [-0.15, -0.1) is 0 Å². The molecule has 2 aromatic rings. The molecule has 126 valence electrons. The van der Waals surface area contributed by atoms with Crippen LogP contribution in [-0.4, -0.2) is 42.8 Å². The molecule has 3 rings (SSSR count). The van der Waals surface area contributed by atoms with Crippen molar-refractivity contribution in [1.82, 2.24) is 9.88 Å². The summed E-state index contributed by atoms with van der Waals surface area (Å²) in [6.45, 7) is 0.732. The molecule has 2 heterocycles. The molecule has 24 heavy (non-hydrogen) atoms. The first-order valence-electron chi connectivity index (χ1n) is 7.49. The zero-order valence-electron chi connectivity index (χ0n) is 13.3. The van der Waals surface area contributed by atoms with E-state index in [1.54, 1.807) is 4.90 Å². The Kier molecular flexibility index (Phi) is 4.39. The Labute approximate surface area is 141 Å². The van der Waals surface area contributed by atoms with Gasteiger partial charge in [-0.3, -0.25) is 0 Å². The SMILES string of the molecule is CS(=O)(=O)CCN1Cc2nc(Nc3ccccc3)ccc2N=C1N. The van der Waals surface area contributed by atoms with Crippen LogP contribution in [0.4, 0.5) is 17.2 Å². The molecule has 0 radical (unpaired) electrons. The molecular formula is C16H19N5O2S. The summed E-state index contributed by atoms with van der Waals surface area (Å²) in [6.07, 6.45) is 1.21. The fourth-order valence-corrected chi connectivity index (χ4v) is 2.93. The number of hydrogen-bond donors (Lipinski definition) is 2. The van der Waals surface area contributed by atoms with Crippen molar-refractivity contribution in [1.29, 1.82) is 0 Å². The fraction of sp³-hybridized carbons (Fsp3) is 0.250. The minimum Gasteiger partial charge on any atom is -0.369 e. The lowest BCUT2D eigenvalue weighted by molar-refractivity contribution is 0.418. The topological polar surface area (TPSA) is 101 Å². The molecule has 0 unspecified atom stereocenters. The van der Waals surface area contributed by atoms with Crippen LogP contribution in [0.2, 0.25) is 0 Å². The highest BCUT2D eigenvalue weighted by Crippen LogP contribution is 2.26. The molecule has 3 N–H and O–H groups in total. The van der Waals surface area contributed by atoms with Gasteiger partial charge >= 0.3 is 0 Å². The summed E-state index contributed by atoms with van der Waals surface area (Å²) in [5.74, 6) is 1.05. The van der Waals surface area contributed by atoms with Crippen molar-refractivity contribution in [3.05, 3.63) is 48.2 Å². The van der Waals surface area contributed by atoms with Crippen molar-refractivity contribution in [2.45, 2.75) is 6.54 Å². The van der Waals surface area contributed by atoms with E-state index in [0.29, 0.717) is 30.6 Å². The smallest absolute Gasteiger partial charge is 0.196 e. The summed E-state index contributed by atoms with van der Waals surface area (Å²) in [5, 5.41) is 3.23. The summed E-state index contributed by atoms with van der Waals surface area (Å²) >= 11 is 0. The van der Waals surface area contributed by atoms with Crippen LogP contribution >= 0.6 is 0 Å². The van der Waals surface area contributed by atoms with Gasteiger partial charge in [0.15, 0.2) is 5.96 Å². The van der Waals surface area contributed by atoms with E-state index in [-0.39, 0.29) is 5.75 Å². The largest absolute Gasteiger partial charge is 0.369 e. The molecule has 0 aliphatic carbocycles. The first-order valence-corrected chi connectivity index (χ1v) is 9.55. The maximum Gasteiger partial charge on any atom is 0.196 e. The summed E-state index contributed by atoms with van der Waals surface area (Å²) in [5.41, 5.74) is 8.34. The Morgan fingerprint density at radius 2 is 1.96 bits per heavy atom. The fourth-order valence-electron chi connectivity index (χ4n) is 2.38. The Morgan fingerprint density at radius 1 is 1.21 bits per heavy atom. The van der Waals surface area contributed by atoms with E-state index in [2.05, 4.69) is 15.3 Å². The monoisotopic (exact) mass is 345 g/mol. The van der Waals surface area contributed by atoms with E-state index in [1.165, 1.54) is 6.26 Å². The van der Waals surface area contributed by atoms with Gasteiger partial charge in [-0.25, -0.2) is 18.4 Å². The Balaban J connectivity index is 1.78. The van der Waals surface area contributed by atoms with Crippen molar-refractivity contribution in [2.24, 2.45) is 10.7 Å². The highest BCUT2D eigenvalue weighted by Gasteiger charge is 2.20. The van der Waals surface area contributed by atoms with Crippen LogP contribution in [0.15, 0.2) is 47.5 Å². The minimum absolute atomic E-state index is 0.0283. The third kappa shape index (κ3) is 4.02. The normalized spacial score (nSPS) is 14.0. The number of sulfone groups is 1. The zero-order chi connectivity index (χ0) is 17.2. The van der Waals surface area contributed by atoms with E-state index in [1.807, 2.05) is 42.5 Å². The first-order chi connectivity index (χ1) is 11.4. The Bertz CT molecular complexity index is 865. The summed E-state index contributed by atoms with van der Waals surface area (Å²) < 4.78 is 22.7. The average molecular weight is 345 g/mol. The standard InChI is InChI=1S/C16H19N5O2S/c1-24(22,23)10-9-21-11-14-13(20-16(21)17)7-8-15(19-14)18-12-5-3-2-4-6-12/h2-8H,9-11H2,1H3,(H2,17,20)(H,18,19). The van der Waals surface area contributed by atoms with Crippen LogP contribution in [0.3, 0.4) is 0 Å². The van der Waals surface area contributed by atoms with Gasteiger partial charge in [0.2, 0.25) is 0 Å². The average Bonchev–Trinajstić information content (AvgIpc) is 2.53. The lowest BCUT2D eigenvalue weighted by Gasteiger charge is -2.27. The van der Waals surface area contributed by atoms with Gasteiger partial charge in [-0.1, -0.05) is 18.2 Å². The van der Waals surface area contributed by atoms with Gasteiger partial charge in [0.1, 0.15) is 15.7 Å². The van der Waals surface area contributed by atoms with Gasteiger partial charge in [0, 0.05) is 18.5 Å². The van der Waals surface area contributed by atoms with Crippen LogP contribution in [0.5, 0.6) is 0 Å². The number of para-hydroxylation sites is 1. The number of benzene rings is 1. The number of guanidine groups is 1. The number of fused-ring (bicyclic) bond motifs is 1. The molecule has 1 aromatic heterocycles. The number of nitrogens with zero attached hydrogens (tertiary/aromatic N) is 3. The van der Waals surface area contributed by atoms with E-state index in [0.717, 1.165) is 11.4 Å². The van der Waals surface area contributed by atoms with Crippen LogP contribution in [0.1, 0.15) is 5.69 Å². The van der Waals surface area contributed by atoms with E-state index < -0.39 is 9.84 Å². The van der Waals surface area contributed by atoms with Gasteiger partial charge in [-0.05, 0) is 24.3 Å². The van der Waals surface area contributed by atoms with Crippen LogP contribution < -0.4 is 11.1 Å². The van der Waals surface area contributed by atoms with Crippen molar-refractivity contribution in [3.8, 4) is 0 Å². The maximum atomic E-state index is 11.4. The second-order valence-electron chi connectivity index (χ2n) is 5.67. The maximum absolute atomic E-state index is 11.4. The number of nitrogens with two attached hydrogens (primary N) is 1. The predicted octanol–water partition coefficient (Wildman–Crippen LogP) is 1.63. The molecule has 0 amide bonds. The summed E-state index contributed by atoms with van der Waals surface area (Å²) in [6, 6.07) is 13.4. The first kappa shape index (κ1) is 16.3. The molecule has 8 heteroatoms. The second-order valence-corrected chi connectivity index (χ2v) is 7.93. The molecule has 0 bridgehead atoms. The molecule has 0 atom stereocenters. The number of nitrogens with one attached hydrogen (secondary N) is 1. The number of hydrogen-bond acceptors (Lipinski definition) is 7. The summed E-state index contributed by atoms with van der Waals surface area (Å²) in [7, 11) is -3.06. The molecule has 0 saturated carbocycles. The molecule has 1 aliphatic heterocycles. The van der Waals surface area contributed by atoms with Crippen molar-refractivity contribution >= 4 is 33.0 Å². The minimum atomic E-state index is -3.06. The molecule has 0 fully saturated rings. The second kappa shape index (κ2) is 6.48. The van der Waals surface area contributed by atoms with Crippen LogP contribution in [0, 0.1) is 0 Å². The Hall–Kier alpha value is -2.61.